The second kappa shape index (κ2) is 16.7. The summed E-state index contributed by atoms with van der Waals surface area (Å²) in [6.07, 6.45) is 1.66. The van der Waals surface area contributed by atoms with Gasteiger partial charge in [0.15, 0.2) is 0 Å². The maximum Gasteiger partial charge on any atom is 0.326 e. The first kappa shape index (κ1) is 35.2. The number of likely N-dealkylation sites (tertiary alicyclic amines) is 1. The molecule has 45 heavy (non-hydrogen) atoms. The average molecular weight is 622 g/mol. The molecule has 0 aliphatic carbocycles. The van der Waals surface area contributed by atoms with E-state index in [9.17, 15) is 29.1 Å². The number of benzene rings is 2. The third-order valence-electron chi connectivity index (χ3n) is 7.94. The molecule has 2 aromatic carbocycles. The largest absolute Gasteiger partial charge is 0.480 e. The lowest BCUT2D eigenvalue weighted by atomic mass is 9.98. The third kappa shape index (κ3) is 10.4. The Morgan fingerprint density at radius 1 is 0.800 bits per heavy atom. The van der Waals surface area contributed by atoms with Crippen LogP contribution in [0.25, 0.3) is 0 Å². The summed E-state index contributed by atoms with van der Waals surface area (Å²) in [5.41, 5.74) is 7.70. The molecule has 0 unspecified atom stereocenters. The number of nitrogens with zero attached hydrogens (tertiary/aromatic N) is 1. The highest BCUT2D eigenvalue weighted by atomic mass is 16.4. The topological polar surface area (TPSA) is 171 Å². The minimum Gasteiger partial charge on any atom is -0.480 e. The van der Waals surface area contributed by atoms with Crippen molar-refractivity contribution in [3.8, 4) is 0 Å². The number of aliphatic carboxylic acids is 1. The van der Waals surface area contributed by atoms with Crippen LogP contribution in [0.15, 0.2) is 60.7 Å². The molecule has 2 aromatic rings. The van der Waals surface area contributed by atoms with Crippen LogP contribution >= 0.6 is 0 Å². The van der Waals surface area contributed by atoms with Gasteiger partial charge in [-0.1, -0.05) is 88.4 Å². The number of rotatable bonds is 15. The third-order valence-corrected chi connectivity index (χ3v) is 7.94. The van der Waals surface area contributed by atoms with Gasteiger partial charge >= 0.3 is 5.97 Å². The lowest BCUT2D eigenvalue weighted by Gasteiger charge is -2.30. The molecule has 0 radical (unpaired) electrons. The average Bonchev–Trinajstić information content (AvgIpc) is 3.50. The van der Waals surface area contributed by atoms with Crippen molar-refractivity contribution in [3.63, 3.8) is 0 Å². The van der Waals surface area contributed by atoms with Crippen LogP contribution < -0.4 is 21.7 Å². The minimum absolute atomic E-state index is 0.146. The van der Waals surface area contributed by atoms with Gasteiger partial charge < -0.3 is 31.7 Å². The van der Waals surface area contributed by atoms with E-state index in [2.05, 4.69) is 16.0 Å². The van der Waals surface area contributed by atoms with Crippen molar-refractivity contribution in [2.24, 2.45) is 17.6 Å². The number of nitrogens with one attached hydrogen (secondary N) is 3. The van der Waals surface area contributed by atoms with E-state index < -0.39 is 59.8 Å². The molecule has 244 valence electrons. The maximum atomic E-state index is 13.8. The van der Waals surface area contributed by atoms with Crippen molar-refractivity contribution in [1.82, 2.24) is 20.9 Å². The summed E-state index contributed by atoms with van der Waals surface area (Å²) < 4.78 is 0. The lowest BCUT2D eigenvalue weighted by Crippen LogP contribution is -2.60. The van der Waals surface area contributed by atoms with Gasteiger partial charge in [0.1, 0.15) is 24.2 Å². The van der Waals surface area contributed by atoms with Gasteiger partial charge in [-0.25, -0.2) is 4.79 Å². The fraction of sp³-hybridized carbons (Fsp3) is 0.500. The van der Waals surface area contributed by atoms with Crippen LogP contribution in [-0.4, -0.2) is 76.4 Å². The number of nitrogens with two attached hydrogens (primary N) is 1. The number of carboxylic acid groups (broad SMARTS) is 1. The highest BCUT2D eigenvalue weighted by Gasteiger charge is 2.39. The Labute approximate surface area is 265 Å². The molecular weight excluding hydrogens is 574 g/mol. The second-order valence-electron chi connectivity index (χ2n) is 12.5. The number of hydrogen-bond donors (Lipinski definition) is 5. The first-order valence-electron chi connectivity index (χ1n) is 15.6. The van der Waals surface area contributed by atoms with Gasteiger partial charge in [-0.3, -0.25) is 19.2 Å². The first-order valence-corrected chi connectivity index (χ1v) is 15.6. The molecule has 1 fully saturated rings. The van der Waals surface area contributed by atoms with Crippen LogP contribution in [0.5, 0.6) is 0 Å². The van der Waals surface area contributed by atoms with E-state index in [0.29, 0.717) is 19.3 Å². The normalized spacial score (nSPS) is 17.3. The van der Waals surface area contributed by atoms with Crippen LogP contribution in [0, 0.1) is 11.8 Å². The molecule has 11 heteroatoms. The molecule has 1 heterocycles. The van der Waals surface area contributed by atoms with Gasteiger partial charge in [-0.05, 0) is 42.2 Å². The Morgan fingerprint density at radius 3 is 1.84 bits per heavy atom. The van der Waals surface area contributed by atoms with E-state index >= 15 is 0 Å². The van der Waals surface area contributed by atoms with E-state index in [0.717, 1.165) is 11.1 Å². The first-order chi connectivity index (χ1) is 21.4. The minimum atomic E-state index is -1.09. The highest BCUT2D eigenvalue weighted by Crippen LogP contribution is 2.20. The van der Waals surface area contributed by atoms with Gasteiger partial charge in [-0.2, -0.15) is 0 Å². The van der Waals surface area contributed by atoms with E-state index in [1.807, 2.05) is 74.5 Å². The van der Waals surface area contributed by atoms with Crippen LogP contribution in [0.3, 0.4) is 0 Å². The van der Waals surface area contributed by atoms with Crippen molar-refractivity contribution < 1.29 is 29.1 Å². The Bertz CT molecular complexity index is 1300. The van der Waals surface area contributed by atoms with Gasteiger partial charge in [0.25, 0.3) is 0 Å². The number of carbonyl (C=O) groups excluding carboxylic acids is 4. The monoisotopic (exact) mass is 621 g/mol. The van der Waals surface area contributed by atoms with Gasteiger partial charge in [-0.15, -0.1) is 0 Å². The van der Waals surface area contributed by atoms with E-state index in [-0.39, 0.29) is 31.2 Å². The molecule has 1 aliphatic rings. The number of carbonyl (C=O) groups is 5. The molecule has 3 rings (SSSR count). The molecule has 0 spiro atoms. The smallest absolute Gasteiger partial charge is 0.326 e. The summed E-state index contributed by atoms with van der Waals surface area (Å²) in [6.45, 7) is 7.72. The van der Waals surface area contributed by atoms with Crippen molar-refractivity contribution in [1.29, 1.82) is 0 Å². The van der Waals surface area contributed by atoms with Gasteiger partial charge in [0, 0.05) is 19.4 Å². The summed E-state index contributed by atoms with van der Waals surface area (Å²) in [6, 6.07) is 13.5. The predicted octanol–water partition coefficient (Wildman–Crippen LogP) is 2.03. The summed E-state index contributed by atoms with van der Waals surface area (Å²) in [5.74, 6) is -3.38. The summed E-state index contributed by atoms with van der Waals surface area (Å²) in [4.78, 5) is 67.3. The molecule has 11 nitrogen and oxygen atoms in total. The summed E-state index contributed by atoms with van der Waals surface area (Å²) >= 11 is 0. The van der Waals surface area contributed by atoms with E-state index in [4.69, 9.17) is 5.73 Å². The number of amides is 4. The number of hydrogen-bond acceptors (Lipinski definition) is 6. The highest BCUT2D eigenvalue weighted by molar-refractivity contribution is 5.96. The Hall–Kier alpha value is -4.25. The molecule has 4 amide bonds. The standard InChI is InChI=1S/C34H47N5O6/c1-21(2)18-25(35)30(40)36-26(19-23-12-7-5-8-13-23)31(41)38-29(22(3)4)32(42)37-27(20-24-14-9-6-10-15-24)33(43)39-17-11-16-28(39)34(44)45/h5-10,12-15,21-22,25-29H,11,16-20,35H2,1-4H3,(H,36,40)(H,37,42)(H,38,41)(H,44,45)/t25-,26-,27-,28-,29-/m0/s1. The fourth-order valence-corrected chi connectivity index (χ4v) is 5.54. The van der Waals surface area contributed by atoms with Gasteiger partial charge in [0.05, 0.1) is 6.04 Å². The summed E-state index contributed by atoms with van der Waals surface area (Å²) in [7, 11) is 0. The molecular formula is C34H47N5O6. The second-order valence-corrected chi connectivity index (χ2v) is 12.5. The number of carboxylic acids is 1. The SMILES string of the molecule is CC(C)C[C@H](N)C(=O)N[C@@H](Cc1ccccc1)C(=O)N[C@H](C(=O)N[C@@H](Cc1ccccc1)C(=O)N1CCC[C@H]1C(=O)O)C(C)C. The van der Waals surface area contributed by atoms with Crippen molar-refractivity contribution in [2.45, 2.75) is 90.0 Å². The fourth-order valence-electron chi connectivity index (χ4n) is 5.54. The molecule has 0 bridgehead atoms. The predicted molar refractivity (Wildman–Crippen MR) is 171 cm³/mol. The van der Waals surface area contributed by atoms with E-state index in [1.54, 1.807) is 13.8 Å². The van der Waals surface area contributed by atoms with Crippen LogP contribution in [0.2, 0.25) is 0 Å². The van der Waals surface area contributed by atoms with Crippen molar-refractivity contribution in [2.75, 3.05) is 6.54 Å². The zero-order valence-electron chi connectivity index (χ0n) is 26.6. The van der Waals surface area contributed by atoms with Crippen LogP contribution in [0.1, 0.15) is 58.1 Å². The Kier molecular flexibility index (Phi) is 13.1. The van der Waals surface area contributed by atoms with E-state index in [1.165, 1.54) is 4.90 Å². The van der Waals surface area contributed by atoms with Gasteiger partial charge in [0.2, 0.25) is 23.6 Å². The summed E-state index contributed by atoms with van der Waals surface area (Å²) in [5, 5.41) is 18.1. The van der Waals surface area contributed by atoms with Crippen molar-refractivity contribution in [3.05, 3.63) is 71.8 Å². The maximum absolute atomic E-state index is 13.8. The zero-order valence-corrected chi connectivity index (χ0v) is 26.6. The Balaban J connectivity index is 1.82. The molecule has 1 aliphatic heterocycles. The quantitative estimate of drug-likeness (QED) is 0.203. The lowest BCUT2D eigenvalue weighted by molar-refractivity contribution is -0.149. The molecule has 6 N–H and O–H groups in total. The Morgan fingerprint density at radius 2 is 1.33 bits per heavy atom. The molecule has 0 aromatic heterocycles. The molecule has 5 atom stereocenters. The van der Waals surface area contributed by atoms with Crippen molar-refractivity contribution >= 4 is 29.6 Å². The van der Waals surface area contributed by atoms with Crippen LogP contribution in [0.4, 0.5) is 0 Å². The molecule has 1 saturated heterocycles. The molecule has 0 saturated carbocycles. The van der Waals surface area contributed by atoms with Crippen LogP contribution in [-0.2, 0) is 36.8 Å². The zero-order chi connectivity index (χ0) is 33.1.